The van der Waals surface area contributed by atoms with Crippen molar-refractivity contribution < 1.29 is 18.3 Å². The van der Waals surface area contributed by atoms with E-state index in [0.29, 0.717) is 11.4 Å². The Morgan fingerprint density at radius 3 is 2.43 bits per heavy atom. The number of hydrogen-bond acceptors (Lipinski definition) is 6. The van der Waals surface area contributed by atoms with Gasteiger partial charge in [0.15, 0.2) is 11.5 Å². The standard InChI is InChI=1S/C11H13N5O4S/c1-6-9(7(2)16(3)14-6)21(19,20)15-10-8(11(17)18)12-4-5-13-10/h4-5H,1-3H3,(H,13,15)(H,17,18). The van der Waals surface area contributed by atoms with Crippen LogP contribution in [-0.4, -0.2) is 39.2 Å². The van der Waals surface area contributed by atoms with Gasteiger partial charge in [0.05, 0.1) is 11.4 Å². The SMILES string of the molecule is Cc1nn(C)c(C)c1S(=O)(=O)Nc1nccnc1C(=O)O. The third-order valence-corrected chi connectivity index (χ3v) is 4.43. The Bertz CT molecular complexity index is 812. The Hall–Kier alpha value is -2.49. The van der Waals surface area contributed by atoms with Crippen molar-refractivity contribution >= 4 is 21.8 Å². The van der Waals surface area contributed by atoms with Gasteiger partial charge in [0.2, 0.25) is 0 Å². The minimum atomic E-state index is -4.01. The molecule has 2 aromatic rings. The largest absolute Gasteiger partial charge is 0.476 e. The Morgan fingerprint density at radius 2 is 1.90 bits per heavy atom. The van der Waals surface area contributed by atoms with Gasteiger partial charge in [-0.25, -0.2) is 23.2 Å². The summed E-state index contributed by atoms with van der Waals surface area (Å²) in [5.41, 5.74) is 0.268. The monoisotopic (exact) mass is 311 g/mol. The number of carboxylic acids is 1. The summed E-state index contributed by atoms with van der Waals surface area (Å²) in [6, 6.07) is 0. The molecule has 0 aliphatic carbocycles. The highest BCUT2D eigenvalue weighted by Crippen LogP contribution is 2.22. The van der Waals surface area contributed by atoms with E-state index >= 15 is 0 Å². The summed E-state index contributed by atoms with van der Waals surface area (Å²) in [6.45, 7) is 3.15. The van der Waals surface area contributed by atoms with Crippen LogP contribution < -0.4 is 4.72 Å². The molecule has 0 aromatic carbocycles. The molecule has 0 fully saturated rings. The van der Waals surface area contributed by atoms with Gasteiger partial charge < -0.3 is 5.11 Å². The molecule has 0 radical (unpaired) electrons. The summed E-state index contributed by atoms with van der Waals surface area (Å²) in [7, 11) is -2.39. The number of nitrogens with zero attached hydrogens (tertiary/aromatic N) is 4. The molecule has 21 heavy (non-hydrogen) atoms. The van der Waals surface area contributed by atoms with Gasteiger partial charge >= 0.3 is 5.97 Å². The van der Waals surface area contributed by atoms with Crippen LogP contribution in [0.4, 0.5) is 5.82 Å². The van der Waals surface area contributed by atoms with E-state index in [9.17, 15) is 13.2 Å². The van der Waals surface area contributed by atoms with Gasteiger partial charge in [0.1, 0.15) is 4.90 Å². The van der Waals surface area contributed by atoms with E-state index < -0.39 is 21.7 Å². The fourth-order valence-electron chi connectivity index (χ4n) is 1.89. The van der Waals surface area contributed by atoms with Crippen LogP contribution >= 0.6 is 0 Å². The summed E-state index contributed by atoms with van der Waals surface area (Å²) in [5, 5.41) is 13.0. The number of rotatable bonds is 4. The van der Waals surface area contributed by atoms with E-state index in [0.717, 1.165) is 0 Å². The van der Waals surface area contributed by atoms with Crippen molar-refractivity contribution in [3.05, 3.63) is 29.5 Å². The number of anilines is 1. The number of nitrogens with one attached hydrogen (secondary N) is 1. The Labute approximate surface area is 120 Å². The van der Waals surface area contributed by atoms with E-state index in [1.807, 2.05) is 0 Å². The van der Waals surface area contributed by atoms with Gasteiger partial charge in [-0.05, 0) is 13.8 Å². The van der Waals surface area contributed by atoms with Gasteiger partial charge in [-0.15, -0.1) is 0 Å². The lowest BCUT2D eigenvalue weighted by Crippen LogP contribution is -2.18. The number of aryl methyl sites for hydroxylation is 2. The highest BCUT2D eigenvalue weighted by molar-refractivity contribution is 7.92. The lowest BCUT2D eigenvalue weighted by Gasteiger charge is -2.09. The number of aromatic nitrogens is 4. The van der Waals surface area contributed by atoms with Crippen LogP contribution in [0, 0.1) is 13.8 Å². The predicted molar refractivity (Wildman–Crippen MR) is 72.5 cm³/mol. The van der Waals surface area contributed by atoms with Crippen molar-refractivity contribution in [2.45, 2.75) is 18.7 Å². The second-order valence-corrected chi connectivity index (χ2v) is 5.91. The van der Waals surface area contributed by atoms with Crippen molar-refractivity contribution in [2.75, 3.05) is 4.72 Å². The smallest absolute Gasteiger partial charge is 0.358 e. The third kappa shape index (κ3) is 2.70. The zero-order valence-corrected chi connectivity index (χ0v) is 12.3. The molecule has 2 N–H and O–H groups in total. The summed E-state index contributed by atoms with van der Waals surface area (Å²) in [4.78, 5) is 18.3. The number of carbonyl (C=O) groups is 1. The van der Waals surface area contributed by atoms with Crippen molar-refractivity contribution in [1.29, 1.82) is 0 Å². The van der Waals surface area contributed by atoms with Crippen molar-refractivity contribution in [3.63, 3.8) is 0 Å². The Morgan fingerprint density at radius 1 is 1.29 bits per heavy atom. The number of aromatic carboxylic acids is 1. The van der Waals surface area contributed by atoms with Crippen LogP contribution in [0.1, 0.15) is 21.9 Å². The average molecular weight is 311 g/mol. The van der Waals surface area contributed by atoms with Crippen LogP contribution in [0.5, 0.6) is 0 Å². The molecule has 0 amide bonds. The van der Waals surface area contributed by atoms with Crippen LogP contribution in [0.2, 0.25) is 0 Å². The molecule has 112 valence electrons. The van der Waals surface area contributed by atoms with Crippen LogP contribution in [0.25, 0.3) is 0 Å². The maximum Gasteiger partial charge on any atom is 0.358 e. The van der Waals surface area contributed by atoms with Crippen molar-refractivity contribution in [3.8, 4) is 0 Å². The average Bonchev–Trinajstić information content (AvgIpc) is 2.63. The molecule has 0 aliphatic rings. The van der Waals surface area contributed by atoms with E-state index in [2.05, 4.69) is 19.8 Å². The van der Waals surface area contributed by atoms with Gasteiger partial charge in [-0.1, -0.05) is 0 Å². The summed E-state index contributed by atoms with van der Waals surface area (Å²) < 4.78 is 28.4. The first-order chi connectivity index (χ1) is 9.74. The van der Waals surface area contributed by atoms with E-state index in [1.54, 1.807) is 20.9 Å². The number of carboxylic acid groups (broad SMARTS) is 1. The summed E-state index contributed by atoms with van der Waals surface area (Å²) >= 11 is 0. The first kappa shape index (κ1) is 14.9. The molecule has 0 bridgehead atoms. The molecule has 0 aliphatic heterocycles. The minimum Gasteiger partial charge on any atom is -0.476 e. The molecule has 0 saturated heterocycles. The first-order valence-electron chi connectivity index (χ1n) is 5.81. The Balaban J connectivity index is 2.50. The molecule has 0 atom stereocenters. The maximum atomic E-state index is 12.4. The first-order valence-corrected chi connectivity index (χ1v) is 7.29. The molecular formula is C11H13N5O4S. The second kappa shape index (κ2) is 5.13. The lowest BCUT2D eigenvalue weighted by molar-refractivity contribution is 0.0691. The van der Waals surface area contributed by atoms with Crippen LogP contribution in [0.15, 0.2) is 17.3 Å². The van der Waals surface area contributed by atoms with Gasteiger partial charge in [0, 0.05) is 19.4 Å². The minimum absolute atomic E-state index is 0.00741. The van der Waals surface area contributed by atoms with Crippen LogP contribution in [-0.2, 0) is 17.1 Å². The molecular weight excluding hydrogens is 298 g/mol. The molecule has 0 unspecified atom stereocenters. The predicted octanol–water partition coefficient (Wildman–Crippen LogP) is 0.326. The third-order valence-electron chi connectivity index (χ3n) is 2.84. The Kier molecular flexibility index (Phi) is 3.64. The van der Waals surface area contributed by atoms with Crippen molar-refractivity contribution in [1.82, 2.24) is 19.7 Å². The quantitative estimate of drug-likeness (QED) is 0.832. The molecule has 10 heteroatoms. The second-order valence-electron chi connectivity index (χ2n) is 4.29. The highest BCUT2D eigenvalue weighted by Gasteiger charge is 2.26. The van der Waals surface area contributed by atoms with E-state index in [-0.39, 0.29) is 10.7 Å². The lowest BCUT2D eigenvalue weighted by atomic mass is 10.4. The molecule has 2 rings (SSSR count). The van der Waals surface area contributed by atoms with E-state index in [4.69, 9.17) is 5.11 Å². The number of hydrogen-bond donors (Lipinski definition) is 2. The highest BCUT2D eigenvalue weighted by atomic mass is 32.2. The molecule has 9 nitrogen and oxygen atoms in total. The van der Waals surface area contributed by atoms with Crippen molar-refractivity contribution in [2.24, 2.45) is 7.05 Å². The summed E-state index contributed by atoms with van der Waals surface area (Å²) in [6.07, 6.45) is 2.37. The molecule has 2 aromatic heterocycles. The van der Waals surface area contributed by atoms with Crippen LogP contribution in [0.3, 0.4) is 0 Å². The topological polar surface area (TPSA) is 127 Å². The molecule has 0 spiro atoms. The van der Waals surface area contributed by atoms with E-state index in [1.165, 1.54) is 17.1 Å². The van der Waals surface area contributed by atoms with Gasteiger partial charge in [-0.2, -0.15) is 5.10 Å². The molecule has 0 saturated carbocycles. The fourth-order valence-corrected chi connectivity index (χ4v) is 3.35. The van der Waals surface area contributed by atoms with Gasteiger partial charge in [-0.3, -0.25) is 9.40 Å². The normalized spacial score (nSPS) is 11.4. The zero-order chi connectivity index (χ0) is 15.8. The van der Waals surface area contributed by atoms with Gasteiger partial charge in [0.25, 0.3) is 10.0 Å². The fraction of sp³-hybridized carbons (Fsp3) is 0.273. The summed E-state index contributed by atoms with van der Waals surface area (Å²) in [5.74, 6) is -1.71. The number of sulfonamides is 1. The zero-order valence-electron chi connectivity index (χ0n) is 11.5. The molecule has 2 heterocycles. The maximum absolute atomic E-state index is 12.4.